The number of hydrogen-bond donors (Lipinski definition) is 2. The van der Waals surface area contributed by atoms with Crippen molar-refractivity contribution in [1.29, 1.82) is 0 Å². The maximum absolute atomic E-state index is 13.2. The van der Waals surface area contributed by atoms with Gasteiger partial charge in [-0.15, -0.1) is 11.3 Å². The Bertz CT molecular complexity index is 896. The molecule has 2 N–H and O–H groups in total. The highest BCUT2D eigenvalue weighted by atomic mass is 32.1. The smallest absolute Gasteiger partial charge is 0.388 e. The molecule has 0 unspecified atom stereocenters. The quantitative estimate of drug-likeness (QED) is 0.716. The summed E-state index contributed by atoms with van der Waals surface area (Å²) in [6, 6.07) is 8.14. The Labute approximate surface area is 145 Å². The lowest BCUT2D eigenvalue weighted by Crippen LogP contribution is -2.18. The Morgan fingerprint density at radius 1 is 1.20 bits per heavy atom. The summed E-state index contributed by atoms with van der Waals surface area (Å²) in [6.45, 7) is 1.79. The maximum Gasteiger partial charge on any atom is 0.419 e. The van der Waals surface area contributed by atoms with Crippen LogP contribution in [0.2, 0.25) is 0 Å². The number of nitrogens with zero attached hydrogens (tertiary/aromatic N) is 2. The van der Waals surface area contributed by atoms with E-state index in [1.165, 1.54) is 5.51 Å². The monoisotopic (exact) mass is 362 g/mol. The van der Waals surface area contributed by atoms with E-state index in [2.05, 4.69) is 20.6 Å². The Morgan fingerprint density at radius 2 is 1.96 bits per heavy atom. The molecule has 0 radical (unpaired) electrons. The lowest BCUT2D eigenvalue weighted by atomic mass is 10.3. The van der Waals surface area contributed by atoms with E-state index in [9.17, 15) is 13.6 Å². The molecular weight excluding hydrogens is 350 g/mol. The van der Waals surface area contributed by atoms with Crippen LogP contribution in [0, 0.1) is 18.6 Å². The molecule has 3 aromatic rings. The van der Waals surface area contributed by atoms with E-state index in [-0.39, 0.29) is 11.6 Å². The number of benzene rings is 1. The van der Waals surface area contributed by atoms with Crippen molar-refractivity contribution in [2.45, 2.75) is 6.92 Å². The lowest BCUT2D eigenvalue weighted by molar-refractivity contribution is 0.214. The van der Waals surface area contributed by atoms with Crippen molar-refractivity contribution in [3.8, 4) is 5.88 Å². The molecule has 0 bridgehead atoms. The van der Waals surface area contributed by atoms with Crippen LogP contribution in [-0.4, -0.2) is 16.1 Å². The molecule has 0 atom stereocenters. The van der Waals surface area contributed by atoms with Crippen LogP contribution in [0.4, 0.5) is 30.1 Å². The Morgan fingerprint density at radius 3 is 2.68 bits per heavy atom. The van der Waals surface area contributed by atoms with Crippen LogP contribution in [0.25, 0.3) is 0 Å². The Hall–Kier alpha value is -3.07. The van der Waals surface area contributed by atoms with E-state index >= 15 is 0 Å². The molecule has 0 aliphatic heterocycles. The Kier molecular flexibility index (Phi) is 4.85. The summed E-state index contributed by atoms with van der Waals surface area (Å²) in [6.07, 6.45) is -0.780. The summed E-state index contributed by atoms with van der Waals surface area (Å²) < 4.78 is 31.6. The van der Waals surface area contributed by atoms with Gasteiger partial charge < -0.3 is 10.1 Å². The van der Waals surface area contributed by atoms with Gasteiger partial charge in [0.25, 0.3) is 5.88 Å². The van der Waals surface area contributed by atoms with Crippen LogP contribution in [0.15, 0.2) is 41.9 Å². The molecule has 128 valence electrons. The van der Waals surface area contributed by atoms with Gasteiger partial charge in [-0.05, 0) is 31.2 Å². The van der Waals surface area contributed by atoms with Gasteiger partial charge in [0.2, 0.25) is 0 Å². The first-order chi connectivity index (χ1) is 12.0. The van der Waals surface area contributed by atoms with Crippen molar-refractivity contribution in [3.05, 3.63) is 59.2 Å². The number of aromatic nitrogens is 2. The number of ether oxygens (including phenoxy) is 1. The van der Waals surface area contributed by atoms with Crippen molar-refractivity contribution in [2.24, 2.45) is 0 Å². The summed E-state index contributed by atoms with van der Waals surface area (Å²) in [7, 11) is 0. The summed E-state index contributed by atoms with van der Waals surface area (Å²) in [5.74, 6) is -1.13. The van der Waals surface area contributed by atoms with Crippen LogP contribution in [0.5, 0.6) is 5.88 Å². The third kappa shape index (κ3) is 4.48. The zero-order chi connectivity index (χ0) is 17.8. The molecule has 0 saturated carbocycles. The van der Waals surface area contributed by atoms with Gasteiger partial charge in [0.05, 0.1) is 5.51 Å². The zero-order valence-corrected chi connectivity index (χ0v) is 13.7. The maximum atomic E-state index is 13.2. The second kappa shape index (κ2) is 7.22. The predicted molar refractivity (Wildman–Crippen MR) is 90.4 cm³/mol. The van der Waals surface area contributed by atoms with Gasteiger partial charge in [-0.1, -0.05) is 6.07 Å². The molecule has 0 spiro atoms. The van der Waals surface area contributed by atoms with Gasteiger partial charge in [-0.25, -0.2) is 23.5 Å². The fraction of sp³-hybridized carbons (Fsp3) is 0.0625. The number of nitrogens with one attached hydrogen (secondary N) is 2. The molecule has 0 fully saturated rings. The highest BCUT2D eigenvalue weighted by molar-refractivity contribution is 7.14. The number of carbonyl (C=O) groups excluding carboxylic acids is 1. The average molecular weight is 362 g/mol. The van der Waals surface area contributed by atoms with Crippen LogP contribution < -0.4 is 15.4 Å². The fourth-order valence-corrected chi connectivity index (χ4v) is 2.61. The highest BCUT2D eigenvalue weighted by Gasteiger charge is 2.14. The van der Waals surface area contributed by atoms with Gasteiger partial charge >= 0.3 is 6.09 Å². The molecule has 1 aromatic carbocycles. The summed E-state index contributed by atoms with van der Waals surface area (Å²) in [5.41, 5.74) is 2.35. The van der Waals surface area contributed by atoms with Crippen molar-refractivity contribution in [1.82, 2.24) is 9.97 Å². The third-order valence-corrected chi connectivity index (χ3v) is 3.69. The number of pyridine rings is 1. The molecule has 9 heteroatoms. The predicted octanol–water partition coefficient (Wildman–Crippen LogP) is 4.48. The molecule has 0 saturated heterocycles. The minimum atomic E-state index is -0.780. The molecule has 3 rings (SSSR count). The number of carbonyl (C=O) groups is 1. The molecule has 6 nitrogen and oxygen atoms in total. The number of halogens is 2. The van der Waals surface area contributed by atoms with E-state index in [0.29, 0.717) is 10.8 Å². The number of anilines is 3. The standard InChI is InChI=1S/C16H12F2N4O2S/c1-9-3-2-4-13(20-9)22-16(23)24-14-15(25-8-19-14)21-12-6-10(17)5-11(18)7-12/h2-8,21H,1H3,(H,20,22,23). The van der Waals surface area contributed by atoms with Crippen LogP contribution in [0.1, 0.15) is 5.69 Å². The average Bonchev–Trinajstić information content (AvgIpc) is 2.93. The molecule has 2 heterocycles. The van der Waals surface area contributed by atoms with E-state index in [1.54, 1.807) is 25.1 Å². The third-order valence-electron chi connectivity index (χ3n) is 2.96. The molecule has 0 aliphatic carbocycles. The first kappa shape index (κ1) is 16.8. The van der Waals surface area contributed by atoms with Gasteiger partial charge in [0.1, 0.15) is 17.5 Å². The highest BCUT2D eigenvalue weighted by Crippen LogP contribution is 2.31. The van der Waals surface area contributed by atoms with Crippen molar-refractivity contribution >= 4 is 33.9 Å². The van der Waals surface area contributed by atoms with E-state index < -0.39 is 17.7 Å². The number of rotatable bonds is 4. The van der Waals surface area contributed by atoms with Gasteiger partial charge in [0, 0.05) is 17.4 Å². The minimum Gasteiger partial charge on any atom is -0.388 e. The van der Waals surface area contributed by atoms with Gasteiger partial charge in [-0.3, -0.25) is 5.32 Å². The Balaban J connectivity index is 1.70. The first-order valence-electron chi connectivity index (χ1n) is 7.09. The minimum absolute atomic E-state index is 0.0141. The zero-order valence-electron chi connectivity index (χ0n) is 12.9. The van der Waals surface area contributed by atoms with Crippen LogP contribution in [-0.2, 0) is 0 Å². The topological polar surface area (TPSA) is 76.1 Å². The fourth-order valence-electron chi connectivity index (χ4n) is 1.98. The summed E-state index contributed by atoms with van der Waals surface area (Å²) in [4.78, 5) is 20.0. The van der Waals surface area contributed by atoms with Crippen LogP contribution in [0.3, 0.4) is 0 Å². The first-order valence-corrected chi connectivity index (χ1v) is 7.96. The second-order valence-electron chi connectivity index (χ2n) is 4.95. The normalized spacial score (nSPS) is 10.4. The van der Waals surface area contributed by atoms with E-state index in [4.69, 9.17) is 4.74 Å². The van der Waals surface area contributed by atoms with Gasteiger partial charge in [0.15, 0.2) is 5.00 Å². The lowest BCUT2D eigenvalue weighted by Gasteiger charge is -2.08. The largest absolute Gasteiger partial charge is 0.419 e. The van der Waals surface area contributed by atoms with Crippen LogP contribution >= 0.6 is 11.3 Å². The van der Waals surface area contributed by atoms with Crippen molar-refractivity contribution < 1.29 is 18.3 Å². The van der Waals surface area contributed by atoms with Crippen molar-refractivity contribution in [3.63, 3.8) is 0 Å². The number of thiazole rings is 1. The molecule has 25 heavy (non-hydrogen) atoms. The number of hydrogen-bond acceptors (Lipinski definition) is 6. The number of aryl methyl sites for hydroxylation is 1. The molecule has 0 aliphatic rings. The number of amides is 1. The molecular formula is C16H12F2N4O2S. The summed E-state index contributed by atoms with van der Waals surface area (Å²) in [5, 5.41) is 5.57. The summed E-state index contributed by atoms with van der Waals surface area (Å²) >= 11 is 1.12. The second-order valence-corrected chi connectivity index (χ2v) is 5.80. The van der Waals surface area contributed by atoms with Crippen molar-refractivity contribution in [2.75, 3.05) is 10.6 Å². The molecule has 1 amide bonds. The van der Waals surface area contributed by atoms with E-state index in [1.807, 2.05) is 0 Å². The SMILES string of the molecule is Cc1cccc(NC(=O)Oc2ncsc2Nc2cc(F)cc(F)c2)n1. The van der Waals surface area contributed by atoms with Gasteiger partial charge in [-0.2, -0.15) is 0 Å². The van der Waals surface area contributed by atoms with E-state index in [0.717, 1.165) is 35.2 Å². The molecule has 2 aromatic heterocycles.